The van der Waals surface area contributed by atoms with Crippen molar-refractivity contribution in [3.63, 3.8) is 0 Å². The second-order valence-corrected chi connectivity index (χ2v) is 9.92. The summed E-state index contributed by atoms with van der Waals surface area (Å²) >= 11 is 1.68. The summed E-state index contributed by atoms with van der Waals surface area (Å²) in [5, 5.41) is 3.89. The normalized spacial score (nSPS) is 23.7. The van der Waals surface area contributed by atoms with Crippen molar-refractivity contribution in [3.05, 3.63) is 70.7 Å². The van der Waals surface area contributed by atoms with E-state index in [2.05, 4.69) is 32.8 Å². The third-order valence-corrected chi connectivity index (χ3v) is 8.45. The van der Waals surface area contributed by atoms with Crippen LogP contribution in [0.4, 0.5) is 0 Å². The Labute approximate surface area is 157 Å². The lowest BCUT2D eigenvalue weighted by Gasteiger charge is -2.16. The predicted molar refractivity (Wildman–Crippen MR) is 103 cm³/mol. The van der Waals surface area contributed by atoms with Crippen LogP contribution in [0.1, 0.15) is 17.0 Å². The van der Waals surface area contributed by atoms with Gasteiger partial charge in [0.25, 0.3) is 0 Å². The lowest BCUT2D eigenvalue weighted by atomic mass is 9.95. The number of benzene rings is 1. The van der Waals surface area contributed by atoms with Gasteiger partial charge in [-0.15, -0.1) is 0 Å². The largest absolute Gasteiger partial charge is 0.297 e. The maximum Gasteiger partial charge on any atom is 0.183 e. The summed E-state index contributed by atoms with van der Waals surface area (Å²) in [6, 6.07) is 11.8. The number of hydrogen-bond donors (Lipinski definition) is 0. The lowest BCUT2D eigenvalue weighted by Crippen LogP contribution is -2.25. The predicted octanol–water partition coefficient (Wildman–Crippen LogP) is 3.57. The summed E-state index contributed by atoms with van der Waals surface area (Å²) in [7, 11) is -3.25. The number of thiophene rings is 1. The molecule has 4 nitrogen and oxygen atoms in total. The monoisotopic (exact) mass is 382 g/mol. The van der Waals surface area contributed by atoms with E-state index in [4.69, 9.17) is 0 Å². The molecule has 2 unspecified atom stereocenters. The molecule has 2 aliphatic heterocycles. The standard InChI is InChI=1S/C20H18N2O2S2/c23-26(24)19-2-1-16(15-3-6-21-7-4-15)9-17(19)18-11-22(12-20(18)26)10-14-5-8-25-13-14/h1-9,13,18,20H,10-12H2. The highest BCUT2D eigenvalue weighted by Crippen LogP contribution is 2.46. The second-order valence-electron chi connectivity index (χ2n) is 7.00. The van der Waals surface area contributed by atoms with Gasteiger partial charge in [-0.2, -0.15) is 11.3 Å². The zero-order chi connectivity index (χ0) is 17.7. The SMILES string of the molecule is O=S1(=O)c2ccc(-c3ccncc3)cc2C2CN(Cc3ccsc3)CC21. The molecule has 4 heterocycles. The van der Waals surface area contributed by atoms with E-state index in [0.717, 1.165) is 29.8 Å². The first-order chi connectivity index (χ1) is 12.6. The van der Waals surface area contributed by atoms with Crippen LogP contribution in [0.25, 0.3) is 11.1 Å². The molecule has 0 aliphatic carbocycles. The summed E-state index contributed by atoms with van der Waals surface area (Å²) in [5.41, 5.74) is 4.37. The van der Waals surface area contributed by atoms with E-state index in [1.54, 1.807) is 29.8 Å². The number of likely N-dealkylation sites (tertiary alicyclic amines) is 1. The number of nitrogens with zero attached hydrogens (tertiary/aromatic N) is 2. The Hall–Kier alpha value is -2.02. The minimum atomic E-state index is -3.25. The van der Waals surface area contributed by atoms with E-state index >= 15 is 0 Å². The van der Waals surface area contributed by atoms with Crippen LogP contribution < -0.4 is 0 Å². The maximum atomic E-state index is 13.0. The minimum absolute atomic E-state index is 0.0652. The Morgan fingerprint density at radius 1 is 1.08 bits per heavy atom. The van der Waals surface area contributed by atoms with E-state index in [9.17, 15) is 8.42 Å². The fraction of sp³-hybridized carbons (Fsp3) is 0.250. The van der Waals surface area contributed by atoms with Crippen LogP contribution in [0.2, 0.25) is 0 Å². The van der Waals surface area contributed by atoms with Crippen molar-refractivity contribution < 1.29 is 8.42 Å². The van der Waals surface area contributed by atoms with Gasteiger partial charge in [0.2, 0.25) is 0 Å². The van der Waals surface area contributed by atoms with Crippen LogP contribution in [-0.2, 0) is 16.4 Å². The maximum absolute atomic E-state index is 13.0. The van der Waals surface area contributed by atoms with Gasteiger partial charge in [-0.3, -0.25) is 9.88 Å². The molecule has 0 amide bonds. The molecule has 1 aromatic carbocycles. The van der Waals surface area contributed by atoms with E-state index in [0.29, 0.717) is 11.4 Å². The van der Waals surface area contributed by atoms with E-state index in [1.165, 1.54) is 5.56 Å². The molecule has 26 heavy (non-hydrogen) atoms. The van der Waals surface area contributed by atoms with E-state index < -0.39 is 9.84 Å². The summed E-state index contributed by atoms with van der Waals surface area (Å²) in [6.45, 7) is 2.24. The van der Waals surface area contributed by atoms with Crippen molar-refractivity contribution >= 4 is 21.2 Å². The van der Waals surface area contributed by atoms with Gasteiger partial charge in [0.05, 0.1) is 10.1 Å². The average molecular weight is 383 g/mol. The molecule has 132 valence electrons. The molecule has 2 aromatic heterocycles. The number of rotatable bonds is 3. The molecule has 0 saturated carbocycles. The summed E-state index contributed by atoms with van der Waals surface area (Å²) in [5.74, 6) is 0.0652. The van der Waals surface area contributed by atoms with Crippen molar-refractivity contribution in [2.75, 3.05) is 13.1 Å². The molecule has 0 bridgehead atoms. The number of sulfone groups is 1. The Kier molecular flexibility index (Phi) is 3.74. The van der Waals surface area contributed by atoms with Crippen LogP contribution >= 0.6 is 11.3 Å². The van der Waals surface area contributed by atoms with Gasteiger partial charge < -0.3 is 0 Å². The minimum Gasteiger partial charge on any atom is -0.297 e. The van der Waals surface area contributed by atoms with Crippen LogP contribution in [0.5, 0.6) is 0 Å². The zero-order valence-electron chi connectivity index (χ0n) is 14.1. The molecular weight excluding hydrogens is 364 g/mol. The second kappa shape index (κ2) is 6.01. The molecule has 2 atom stereocenters. The summed E-state index contributed by atoms with van der Waals surface area (Å²) in [4.78, 5) is 6.87. The molecular formula is C20H18N2O2S2. The zero-order valence-corrected chi connectivity index (χ0v) is 15.7. The highest BCUT2D eigenvalue weighted by Gasteiger charge is 2.50. The molecule has 3 aromatic rings. The Balaban J connectivity index is 1.51. The topological polar surface area (TPSA) is 50.3 Å². The summed E-state index contributed by atoms with van der Waals surface area (Å²) < 4.78 is 26.1. The van der Waals surface area contributed by atoms with Crippen LogP contribution in [0.3, 0.4) is 0 Å². The first-order valence-corrected chi connectivity index (χ1v) is 11.1. The fourth-order valence-corrected chi connectivity index (χ4v) is 7.07. The van der Waals surface area contributed by atoms with Crippen LogP contribution in [-0.4, -0.2) is 36.6 Å². The highest BCUT2D eigenvalue weighted by atomic mass is 32.2. The molecule has 0 spiro atoms. The van der Waals surface area contributed by atoms with Gasteiger partial charge in [0.1, 0.15) is 0 Å². The Morgan fingerprint density at radius 3 is 2.69 bits per heavy atom. The molecule has 2 aliphatic rings. The average Bonchev–Trinajstić information content (AvgIpc) is 3.36. The van der Waals surface area contributed by atoms with E-state index in [-0.39, 0.29) is 11.2 Å². The summed E-state index contributed by atoms with van der Waals surface area (Å²) in [6.07, 6.45) is 3.53. The van der Waals surface area contributed by atoms with E-state index in [1.807, 2.05) is 18.2 Å². The van der Waals surface area contributed by atoms with Gasteiger partial charge in [0.15, 0.2) is 9.84 Å². The van der Waals surface area contributed by atoms with Crippen molar-refractivity contribution in [2.45, 2.75) is 22.6 Å². The number of hydrogen-bond acceptors (Lipinski definition) is 5. The van der Waals surface area contributed by atoms with Gasteiger partial charge in [-0.05, 0) is 63.3 Å². The molecule has 0 N–H and O–H groups in total. The molecule has 0 radical (unpaired) electrons. The first kappa shape index (κ1) is 16.2. The van der Waals surface area contributed by atoms with Gasteiger partial charge in [-0.1, -0.05) is 6.07 Å². The van der Waals surface area contributed by atoms with Gasteiger partial charge in [-0.25, -0.2) is 8.42 Å². The van der Waals surface area contributed by atoms with Crippen LogP contribution in [0.15, 0.2) is 64.4 Å². The van der Waals surface area contributed by atoms with Crippen molar-refractivity contribution in [2.24, 2.45) is 0 Å². The van der Waals surface area contributed by atoms with Crippen LogP contribution in [0, 0.1) is 0 Å². The van der Waals surface area contributed by atoms with Gasteiger partial charge >= 0.3 is 0 Å². The molecule has 5 rings (SSSR count). The van der Waals surface area contributed by atoms with Gasteiger partial charge in [0, 0.05) is 37.9 Å². The smallest absolute Gasteiger partial charge is 0.183 e. The third kappa shape index (κ3) is 2.52. The molecule has 6 heteroatoms. The third-order valence-electron chi connectivity index (χ3n) is 5.46. The molecule has 1 fully saturated rings. The lowest BCUT2D eigenvalue weighted by molar-refractivity contribution is 0.326. The highest BCUT2D eigenvalue weighted by molar-refractivity contribution is 7.92. The number of pyridine rings is 1. The quantitative estimate of drug-likeness (QED) is 0.695. The van der Waals surface area contributed by atoms with Crippen molar-refractivity contribution in [1.82, 2.24) is 9.88 Å². The number of fused-ring (bicyclic) bond motifs is 3. The Bertz CT molecular complexity index is 1050. The van der Waals surface area contributed by atoms with Crippen molar-refractivity contribution in [1.29, 1.82) is 0 Å². The first-order valence-electron chi connectivity index (χ1n) is 8.64. The fourth-order valence-electron chi connectivity index (χ4n) is 4.22. The van der Waals surface area contributed by atoms with Crippen molar-refractivity contribution in [3.8, 4) is 11.1 Å². The number of aromatic nitrogens is 1. The Morgan fingerprint density at radius 2 is 1.92 bits per heavy atom. The molecule has 1 saturated heterocycles.